The maximum absolute atomic E-state index is 11.0. The second-order valence-corrected chi connectivity index (χ2v) is 7.71. The van der Waals surface area contributed by atoms with Crippen molar-refractivity contribution in [3.8, 4) is 6.07 Å². The molecule has 1 fully saturated rings. The number of aryl methyl sites for hydroxylation is 1. The number of aliphatic hydroxyl groups excluding tert-OH is 1. The van der Waals surface area contributed by atoms with Gasteiger partial charge in [-0.2, -0.15) is 10.4 Å². The van der Waals surface area contributed by atoms with E-state index in [9.17, 15) is 10.4 Å². The third-order valence-electron chi connectivity index (χ3n) is 4.77. The van der Waals surface area contributed by atoms with Crippen molar-refractivity contribution in [2.75, 3.05) is 0 Å². The molecule has 1 aromatic heterocycles. The fourth-order valence-corrected chi connectivity index (χ4v) is 3.31. The van der Waals surface area contributed by atoms with Gasteiger partial charge in [0.05, 0.1) is 17.2 Å². The van der Waals surface area contributed by atoms with Crippen LogP contribution in [0.4, 0.5) is 0 Å². The van der Waals surface area contributed by atoms with Gasteiger partial charge >= 0.3 is 0 Å². The molecule has 2 rings (SSSR count). The topological polar surface area (TPSA) is 61.8 Å². The minimum atomic E-state index is -0.752. The van der Waals surface area contributed by atoms with Crippen molar-refractivity contribution in [2.45, 2.75) is 64.9 Å². The van der Waals surface area contributed by atoms with Crippen LogP contribution < -0.4 is 0 Å². The molecule has 1 aromatic rings. The quantitative estimate of drug-likeness (QED) is 0.906. The molecule has 116 valence electrons. The van der Waals surface area contributed by atoms with E-state index in [0.29, 0.717) is 5.92 Å². The zero-order valence-corrected chi connectivity index (χ0v) is 13.8. The summed E-state index contributed by atoms with van der Waals surface area (Å²) in [5.74, 6) is 0.648. The summed E-state index contributed by atoms with van der Waals surface area (Å²) in [5, 5.41) is 25.2. The Bertz CT molecular complexity index is 539. The van der Waals surface area contributed by atoms with E-state index in [2.05, 4.69) is 38.9 Å². The van der Waals surface area contributed by atoms with E-state index in [-0.39, 0.29) is 5.41 Å². The lowest BCUT2D eigenvalue weighted by Gasteiger charge is -2.37. The molecule has 21 heavy (non-hydrogen) atoms. The van der Waals surface area contributed by atoms with Crippen LogP contribution in [0.5, 0.6) is 0 Å². The Morgan fingerprint density at radius 2 is 2.00 bits per heavy atom. The molecule has 0 bridgehead atoms. The third kappa shape index (κ3) is 2.98. The first-order valence-corrected chi connectivity index (χ1v) is 7.83. The van der Waals surface area contributed by atoms with Crippen molar-refractivity contribution in [3.05, 3.63) is 17.5 Å². The van der Waals surface area contributed by atoms with E-state index in [1.54, 1.807) is 4.68 Å². The monoisotopic (exact) mass is 289 g/mol. The molecule has 0 spiro atoms. The Labute approximate surface area is 127 Å². The van der Waals surface area contributed by atoms with E-state index < -0.39 is 11.5 Å². The molecular weight excluding hydrogens is 262 g/mol. The van der Waals surface area contributed by atoms with Gasteiger partial charge in [0, 0.05) is 24.2 Å². The van der Waals surface area contributed by atoms with Crippen molar-refractivity contribution < 1.29 is 5.11 Å². The number of hydrogen-bond acceptors (Lipinski definition) is 3. The van der Waals surface area contributed by atoms with Crippen LogP contribution in [-0.2, 0) is 12.5 Å². The molecule has 0 aromatic carbocycles. The van der Waals surface area contributed by atoms with Gasteiger partial charge in [-0.3, -0.25) is 4.68 Å². The lowest BCUT2D eigenvalue weighted by Crippen LogP contribution is -2.33. The first-order chi connectivity index (χ1) is 9.69. The molecule has 4 heteroatoms. The van der Waals surface area contributed by atoms with Gasteiger partial charge in [-0.1, -0.05) is 27.7 Å². The van der Waals surface area contributed by atoms with E-state index in [4.69, 9.17) is 0 Å². The van der Waals surface area contributed by atoms with Gasteiger partial charge in [-0.05, 0) is 31.6 Å². The van der Waals surface area contributed by atoms with E-state index in [1.165, 1.54) is 0 Å². The predicted octanol–water partition coefficient (Wildman–Crippen LogP) is 3.47. The maximum atomic E-state index is 11.0. The number of nitriles is 1. The van der Waals surface area contributed by atoms with Crippen molar-refractivity contribution in [3.63, 3.8) is 0 Å². The molecule has 0 saturated heterocycles. The average molecular weight is 289 g/mol. The van der Waals surface area contributed by atoms with Crippen LogP contribution in [0.25, 0.3) is 0 Å². The van der Waals surface area contributed by atoms with Crippen molar-refractivity contribution in [2.24, 2.45) is 18.4 Å². The Morgan fingerprint density at radius 3 is 2.48 bits per heavy atom. The van der Waals surface area contributed by atoms with Gasteiger partial charge in [-0.25, -0.2) is 0 Å². The minimum absolute atomic E-state index is 0.143. The smallest absolute Gasteiger partial charge is 0.101 e. The number of rotatable bonds is 2. The minimum Gasteiger partial charge on any atom is -0.387 e. The highest BCUT2D eigenvalue weighted by molar-refractivity contribution is 5.30. The Hall–Kier alpha value is -1.34. The standard InChI is InChI=1S/C17H27N3O/c1-12-6-8-17(11-18,9-7-12)15(21)13-10-20(5)19-14(13)16(2,3)4/h10,12,15,21H,6-9H2,1-5H3. The van der Waals surface area contributed by atoms with Gasteiger partial charge < -0.3 is 5.11 Å². The summed E-state index contributed by atoms with van der Waals surface area (Å²) in [6.07, 6.45) is 4.68. The van der Waals surface area contributed by atoms with E-state index in [0.717, 1.165) is 36.9 Å². The van der Waals surface area contributed by atoms with Crippen LogP contribution in [0, 0.1) is 22.7 Å². The zero-order valence-electron chi connectivity index (χ0n) is 13.8. The highest BCUT2D eigenvalue weighted by Crippen LogP contribution is 2.48. The van der Waals surface area contributed by atoms with Crippen LogP contribution in [0.15, 0.2) is 6.20 Å². The molecule has 0 aliphatic heterocycles. The SMILES string of the molecule is CC1CCC(C#N)(C(O)c2cn(C)nc2C(C)(C)C)CC1. The normalized spacial score (nSPS) is 28.1. The Kier molecular flexibility index (Phi) is 4.17. The van der Waals surface area contributed by atoms with Crippen molar-refractivity contribution >= 4 is 0 Å². The highest BCUT2D eigenvalue weighted by Gasteiger charge is 2.44. The summed E-state index contributed by atoms with van der Waals surface area (Å²) in [7, 11) is 1.87. The van der Waals surface area contributed by atoms with Crippen LogP contribution >= 0.6 is 0 Å². The van der Waals surface area contributed by atoms with Crippen LogP contribution in [0.3, 0.4) is 0 Å². The maximum Gasteiger partial charge on any atom is 0.101 e. The Balaban J connectivity index is 2.40. The molecule has 1 saturated carbocycles. The molecule has 0 radical (unpaired) electrons. The average Bonchev–Trinajstić information content (AvgIpc) is 2.81. The molecule has 0 amide bonds. The second kappa shape index (κ2) is 5.46. The first kappa shape index (κ1) is 16.0. The lowest BCUT2D eigenvalue weighted by atomic mass is 9.66. The molecule has 1 aliphatic carbocycles. The van der Waals surface area contributed by atoms with Crippen LogP contribution in [0.1, 0.15) is 70.7 Å². The van der Waals surface area contributed by atoms with Gasteiger partial charge in [0.15, 0.2) is 0 Å². The largest absolute Gasteiger partial charge is 0.387 e. The van der Waals surface area contributed by atoms with Gasteiger partial charge in [0.2, 0.25) is 0 Å². The van der Waals surface area contributed by atoms with Gasteiger partial charge in [0.25, 0.3) is 0 Å². The summed E-state index contributed by atoms with van der Waals surface area (Å²) >= 11 is 0. The zero-order chi connectivity index (χ0) is 15.8. The summed E-state index contributed by atoms with van der Waals surface area (Å²) < 4.78 is 1.75. The third-order valence-corrected chi connectivity index (χ3v) is 4.77. The molecule has 1 aliphatic rings. The molecule has 1 N–H and O–H groups in total. The number of aromatic nitrogens is 2. The molecule has 1 unspecified atom stereocenters. The number of nitrogens with zero attached hydrogens (tertiary/aromatic N) is 3. The predicted molar refractivity (Wildman–Crippen MR) is 82.5 cm³/mol. The summed E-state index contributed by atoms with van der Waals surface area (Å²) in [6.45, 7) is 8.49. The summed E-state index contributed by atoms with van der Waals surface area (Å²) in [6, 6.07) is 2.44. The Morgan fingerprint density at radius 1 is 1.43 bits per heavy atom. The number of aliphatic hydroxyl groups is 1. The molecular formula is C17H27N3O. The summed E-state index contributed by atoms with van der Waals surface area (Å²) in [4.78, 5) is 0. The van der Waals surface area contributed by atoms with E-state index >= 15 is 0 Å². The van der Waals surface area contributed by atoms with Gasteiger partial charge in [0.1, 0.15) is 6.10 Å². The number of hydrogen-bond donors (Lipinski definition) is 1. The molecule has 1 atom stereocenters. The highest BCUT2D eigenvalue weighted by atomic mass is 16.3. The van der Waals surface area contributed by atoms with Crippen LogP contribution in [-0.4, -0.2) is 14.9 Å². The van der Waals surface area contributed by atoms with Crippen molar-refractivity contribution in [1.82, 2.24) is 9.78 Å². The van der Waals surface area contributed by atoms with Gasteiger partial charge in [-0.15, -0.1) is 0 Å². The fraction of sp³-hybridized carbons (Fsp3) is 0.765. The van der Waals surface area contributed by atoms with Crippen LogP contribution in [0.2, 0.25) is 0 Å². The lowest BCUT2D eigenvalue weighted by molar-refractivity contribution is 0.0254. The first-order valence-electron chi connectivity index (χ1n) is 7.83. The van der Waals surface area contributed by atoms with Crippen molar-refractivity contribution in [1.29, 1.82) is 5.26 Å². The molecule has 1 heterocycles. The van der Waals surface area contributed by atoms with E-state index in [1.807, 2.05) is 13.2 Å². The summed E-state index contributed by atoms with van der Waals surface area (Å²) in [5.41, 5.74) is 0.915. The second-order valence-electron chi connectivity index (χ2n) is 7.71. The molecule has 4 nitrogen and oxygen atoms in total. The fourth-order valence-electron chi connectivity index (χ4n) is 3.31.